The lowest BCUT2D eigenvalue weighted by Gasteiger charge is -2.20. The molecule has 0 bridgehead atoms. The Bertz CT molecular complexity index is 3800. The van der Waals surface area contributed by atoms with Gasteiger partial charge in [0.05, 0.1) is 0 Å². The summed E-state index contributed by atoms with van der Waals surface area (Å²) in [5, 5.41) is 17.4. The quantitative estimate of drug-likeness (QED) is 0.164. The van der Waals surface area contributed by atoms with E-state index < -0.39 is 0 Å². The molecule has 0 aliphatic heterocycles. The Morgan fingerprint density at radius 3 is 1.57 bits per heavy atom. The summed E-state index contributed by atoms with van der Waals surface area (Å²) in [4.78, 5) is 0. The molecule has 2 aromatic heterocycles. The molecular weight excluding hydrogens is 721 g/mol. The van der Waals surface area contributed by atoms with E-state index in [0.717, 1.165) is 21.9 Å². The SMILES string of the molecule is c1ccc2c(-c3c4ccccc4c(-c4ccc(-c5ccc6c(c5)sc5ccc7c(ccc8c9ccccc9oc87)c56)c5ccccc45)c4ccccc34)cccc2c1. The van der Waals surface area contributed by atoms with Crippen molar-refractivity contribution >= 4 is 107 Å². The molecule has 0 spiro atoms. The first kappa shape index (κ1) is 31.9. The van der Waals surface area contributed by atoms with Crippen molar-refractivity contribution in [3.8, 4) is 33.4 Å². The Labute approximate surface area is 337 Å². The maximum absolute atomic E-state index is 6.45. The number of thiophene rings is 1. The molecule has 13 rings (SSSR count). The zero-order chi connectivity index (χ0) is 37.9. The summed E-state index contributed by atoms with van der Waals surface area (Å²) in [7, 11) is 0. The second-order valence-electron chi connectivity index (χ2n) is 15.5. The van der Waals surface area contributed by atoms with Crippen LogP contribution in [0.4, 0.5) is 0 Å². The molecule has 11 aromatic carbocycles. The van der Waals surface area contributed by atoms with Gasteiger partial charge in [0.25, 0.3) is 0 Å². The summed E-state index contributed by atoms with van der Waals surface area (Å²) in [6.45, 7) is 0. The van der Waals surface area contributed by atoms with E-state index in [9.17, 15) is 0 Å². The van der Waals surface area contributed by atoms with Crippen molar-refractivity contribution < 1.29 is 4.42 Å². The first-order chi connectivity index (χ1) is 28.8. The van der Waals surface area contributed by atoms with Gasteiger partial charge in [0, 0.05) is 36.3 Å². The molecule has 58 heavy (non-hydrogen) atoms. The van der Waals surface area contributed by atoms with Crippen molar-refractivity contribution in [2.45, 2.75) is 0 Å². The van der Waals surface area contributed by atoms with Gasteiger partial charge in [0.2, 0.25) is 0 Å². The van der Waals surface area contributed by atoms with Crippen molar-refractivity contribution in [2.75, 3.05) is 0 Å². The minimum Gasteiger partial charge on any atom is -0.455 e. The van der Waals surface area contributed by atoms with E-state index in [-0.39, 0.29) is 0 Å². The molecule has 0 unspecified atom stereocenters. The van der Waals surface area contributed by atoms with Crippen LogP contribution < -0.4 is 0 Å². The van der Waals surface area contributed by atoms with Gasteiger partial charge in [-0.1, -0.05) is 164 Å². The number of hydrogen-bond donors (Lipinski definition) is 0. The molecule has 0 aliphatic carbocycles. The van der Waals surface area contributed by atoms with Crippen molar-refractivity contribution in [1.29, 1.82) is 0 Å². The molecule has 0 saturated carbocycles. The second kappa shape index (κ2) is 12.1. The Hall–Kier alpha value is -7.26. The smallest absolute Gasteiger partial charge is 0.143 e. The van der Waals surface area contributed by atoms with E-state index in [1.807, 2.05) is 17.4 Å². The highest BCUT2D eigenvalue weighted by molar-refractivity contribution is 7.26. The van der Waals surface area contributed by atoms with Crippen LogP contribution in [0, 0.1) is 0 Å². The fourth-order valence-electron chi connectivity index (χ4n) is 9.95. The van der Waals surface area contributed by atoms with Gasteiger partial charge >= 0.3 is 0 Å². The monoisotopic (exact) mass is 752 g/mol. The van der Waals surface area contributed by atoms with Crippen LogP contribution in [0.1, 0.15) is 0 Å². The molecule has 0 amide bonds. The number of furan rings is 1. The molecule has 0 N–H and O–H groups in total. The average molecular weight is 753 g/mol. The Morgan fingerprint density at radius 1 is 0.310 bits per heavy atom. The lowest BCUT2D eigenvalue weighted by Crippen LogP contribution is -1.93. The third kappa shape index (κ3) is 4.46. The minimum atomic E-state index is 0.933. The van der Waals surface area contributed by atoms with E-state index in [1.165, 1.54) is 107 Å². The highest BCUT2D eigenvalue weighted by Gasteiger charge is 2.21. The first-order valence-corrected chi connectivity index (χ1v) is 20.7. The van der Waals surface area contributed by atoms with Crippen molar-refractivity contribution in [3.63, 3.8) is 0 Å². The van der Waals surface area contributed by atoms with Crippen LogP contribution in [0.25, 0.3) is 129 Å². The van der Waals surface area contributed by atoms with Gasteiger partial charge < -0.3 is 4.42 Å². The Balaban J connectivity index is 1.01. The number of para-hydroxylation sites is 1. The number of hydrogen-bond acceptors (Lipinski definition) is 2. The molecule has 2 heteroatoms. The third-order valence-corrected chi connectivity index (χ3v) is 13.6. The number of fused-ring (bicyclic) bond motifs is 13. The van der Waals surface area contributed by atoms with Crippen LogP contribution in [0.15, 0.2) is 199 Å². The number of benzene rings is 11. The van der Waals surface area contributed by atoms with Crippen LogP contribution in [-0.4, -0.2) is 0 Å². The van der Waals surface area contributed by atoms with Crippen LogP contribution >= 0.6 is 11.3 Å². The van der Waals surface area contributed by atoms with Crippen LogP contribution in [0.5, 0.6) is 0 Å². The maximum atomic E-state index is 6.45. The first-order valence-electron chi connectivity index (χ1n) is 19.9. The van der Waals surface area contributed by atoms with Crippen molar-refractivity contribution in [2.24, 2.45) is 0 Å². The second-order valence-corrected chi connectivity index (χ2v) is 16.5. The van der Waals surface area contributed by atoms with E-state index in [0.29, 0.717) is 0 Å². The third-order valence-electron chi connectivity index (χ3n) is 12.5. The largest absolute Gasteiger partial charge is 0.455 e. The van der Waals surface area contributed by atoms with Crippen molar-refractivity contribution in [3.05, 3.63) is 194 Å². The standard InChI is InChI=1S/C56H32OS/c1-2-14-35-33(12-1)13-11-22-40(35)53-41-18-5-7-20-43(41)54(44-21-8-6-19-42(44)53)45-27-26-36(37-15-3-4-16-38(37)45)34-24-25-49-52(32-34)58-51-31-30-48-46(55(49)51)28-29-47-39-17-9-10-23-50(39)57-56(47)48/h1-32H. The molecule has 0 saturated heterocycles. The van der Waals surface area contributed by atoms with E-state index in [1.54, 1.807) is 0 Å². The summed E-state index contributed by atoms with van der Waals surface area (Å²) in [6.07, 6.45) is 0. The maximum Gasteiger partial charge on any atom is 0.143 e. The normalized spacial score (nSPS) is 12.1. The molecule has 0 fully saturated rings. The summed E-state index contributed by atoms with van der Waals surface area (Å²) in [5.74, 6) is 0. The topological polar surface area (TPSA) is 13.1 Å². The summed E-state index contributed by atoms with van der Waals surface area (Å²) >= 11 is 1.87. The molecule has 0 atom stereocenters. The fourth-order valence-corrected chi connectivity index (χ4v) is 11.1. The molecule has 0 radical (unpaired) electrons. The highest BCUT2D eigenvalue weighted by Crippen LogP contribution is 2.48. The predicted molar refractivity (Wildman–Crippen MR) is 250 cm³/mol. The summed E-state index contributed by atoms with van der Waals surface area (Å²) < 4.78 is 9.04. The Kier molecular flexibility index (Phi) is 6.66. The average Bonchev–Trinajstić information content (AvgIpc) is 3.86. The van der Waals surface area contributed by atoms with E-state index >= 15 is 0 Å². The van der Waals surface area contributed by atoms with E-state index in [4.69, 9.17) is 4.42 Å². The molecular formula is C56H32OS. The van der Waals surface area contributed by atoms with Gasteiger partial charge in [0.1, 0.15) is 11.2 Å². The van der Waals surface area contributed by atoms with Gasteiger partial charge in [-0.25, -0.2) is 0 Å². The van der Waals surface area contributed by atoms with Gasteiger partial charge in [0.15, 0.2) is 0 Å². The fraction of sp³-hybridized carbons (Fsp3) is 0. The minimum absolute atomic E-state index is 0.933. The highest BCUT2D eigenvalue weighted by atomic mass is 32.1. The van der Waals surface area contributed by atoms with Gasteiger partial charge in [-0.05, 0) is 112 Å². The lowest BCUT2D eigenvalue weighted by atomic mass is 9.83. The molecule has 13 aromatic rings. The van der Waals surface area contributed by atoms with Gasteiger partial charge in [-0.2, -0.15) is 0 Å². The van der Waals surface area contributed by atoms with Crippen LogP contribution in [0.2, 0.25) is 0 Å². The lowest BCUT2D eigenvalue weighted by molar-refractivity contribution is 0.672. The molecule has 268 valence electrons. The summed E-state index contributed by atoms with van der Waals surface area (Å²) in [5.41, 5.74) is 9.46. The number of rotatable bonds is 3. The molecule has 0 aliphatic rings. The van der Waals surface area contributed by atoms with Gasteiger partial charge in [-0.3, -0.25) is 0 Å². The zero-order valence-electron chi connectivity index (χ0n) is 31.3. The van der Waals surface area contributed by atoms with Gasteiger partial charge in [-0.15, -0.1) is 11.3 Å². The summed E-state index contributed by atoms with van der Waals surface area (Å²) in [6, 6.07) is 71.5. The zero-order valence-corrected chi connectivity index (χ0v) is 32.1. The predicted octanol–water partition coefficient (Wildman–Crippen LogP) is 16.7. The Morgan fingerprint density at radius 2 is 0.828 bits per heavy atom. The van der Waals surface area contributed by atoms with Crippen LogP contribution in [-0.2, 0) is 0 Å². The molecule has 2 heterocycles. The van der Waals surface area contributed by atoms with Crippen LogP contribution in [0.3, 0.4) is 0 Å². The van der Waals surface area contributed by atoms with Crippen molar-refractivity contribution in [1.82, 2.24) is 0 Å². The van der Waals surface area contributed by atoms with E-state index in [2.05, 4.69) is 188 Å². The molecule has 1 nitrogen and oxygen atoms in total.